The van der Waals surface area contributed by atoms with Gasteiger partial charge < -0.3 is 14.5 Å². The van der Waals surface area contributed by atoms with Gasteiger partial charge in [0.05, 0.1) is 0 Å². The van der Waals surface area contributed by atoms with Crippen molar-refractivity contribution in [2.75, 3.05) is 52.4 Å². The third-order valence-electron chi connectivity index (χ3n) is 7.25. The minimum absolute atomic E-state index is 0.372. The lowest BCUT2D eigenvalue weighted by Gasteiger charge is -2.42. The first-order valence-corrected chi connectivity index (χ1v) is 11.8. The molecular formula is C24H40N4O. The number of pyridine rings is 1. The van der Waals surface area contributed by atoms with E-state index in [2.05, 4.69) is 40.5 Å². The summed E-state index contributed by atoms with van der Waals surface area (Å²) >= 11 is 0. The van der Waals surface area contributed by atoms with Gasteiger partial charge in [0, 0.05) is 57.6 Å². The highest BCUT2D eigenvalue weighted by Gasteiger charge is 2.33. The van der Waals surface area contributed by atoms with Crippen molar-refractivity contribution in [3.8, 4) is 5.88 Å². The van der Waals surface area contributed by atoms with Gasteiger partial charge in [0.25, 0.3) is 0 Å². The first-order valence-electron chi connectivity index (χ1n) is 11.8. The van der Waals surface area contributed by atoms with Crippen molar-refractivity contribution in [2.45, 2.75) is 58.6 Å². The molecule has 1 aliphatic carbocycles. The van der Waals surface area contributed by atoms with Gasteiger partial charge in [0.2, 0.25) is 5.88 Å². The summed E-state index contributed by atoms with van der Waals surface area (Å²) in [5.74, 6) is 2.51. The Morgan fingerprint density at radius 2 is 1.62 bits per heavy atom. The summed E-state index contributed by atoms with van der Waals surface area (Å²) in [6.45, 7) is 16.9. The van der Waals surface area contributed by atoms with E-state index >= 15 is 0 Å². The monoisotopic (exact) mass is 400 g/mol. The molecule has 5 heteroatoms. The van der Waals surface area contributed by atoms with Crippen LogP contribution in [0.15, 0.2) is 18.3 Å². The fraction of sp³-hybridized carbons (Fsp3) is 0.792. The van der Waals surface area contributed by atoms with E-state index in [0.717, 1.165) is 17.7 Å². The molecule has 1 saturated carbocycles. The van der Waals surface area contributed by atoms with E-state index in [1.165, 1.54) is 83.6 Å². The van der Waals surface area contributed by atoms with Gasteiger partial charge in [-0.1, -0.05) is 0 Å². The van der Waals surface area contributed by atoms with Gasteiger partial charge in [-0.15, -0.1) is 0 Å². The highest BCUT2D eigenvalue weighted by molar-refractivity contribution is 5.19. The van der Waals surface area contributed by atoms with Gasteiger partial charge in [0.15, 0.2) is 0 Å². The number of aromatic nitrogens is 1. The Bertz CT molecular complexity index is 630. The van der Waals surface area contributed by atoms with E-state index in [1.807, 2.05) is 18.3 Å². The van der Waals surface area contributed by atoms with E-state index in [4.69, 9.17) is 4.74 Å². The molecule has 5 nitrogen and oxygen atoms in total. The molecule has 0 amide bonds. The average Bonchev–Trinajstić information content (AvgIpc) is 2.68. The topological polar surface area (TPSA) is 31.8 Å². The quantitative estimate of drug-likeness (QED) is 0.701. The average molecular weight is 401 g/mol. The lowest BCUT2D eigenvalue weighted by atomic mass is 9.81. The van der Waals surface area contributed by atoms with Gasteiger partial charge in [0.1, 0.15) is 6.10 Å². The maximum Gasteiger partial charge on any atom is 0.213 e. The van der Waals surface area contributed by atoms with Gasteiger partial charge in [-0.3, -0.25) is 4.90 Å². The Kier molecular flexibility index (Phi) is 7.09. The normalized spacial score (nSPS) is 27.9. The van der Waals surface area contributed by atoms with Crippen LogP contribution in [-0.2, 0) is 0 Å². The highest BCUT2D eigenvalue weighted by atomic mass is 16.5. The van der Waals surface area contributed by atoms with Gasteiger partial charge >= 0.3 is 0 Å². The molecule has 1 aromatic heterocycles. The van der Waals surface area contributed by atoms with E-state index in [1.54, 1.807) is 0 Å². The van der Waals surface area contributed by atoms with Crippen molar-refractivity contribution in [3.05, 3.63) is 23.9 Å². The van der Waals surface area contributed by atoms with Crippen molar-refractivity contribution in [1.82, 2.24) is 19.7 Å². The molecule has 162 valence electrons. The SMILES string of the molecule is Cc1ccnc(O[C@H]2C[C@H](CN3CCC(CN4CCN(C(C)C)CC4)CC3)C2)c1. The molecule has 0 aromatic carbocycles. The fourth-order valence-electron chi connectivity index (χ4n) is 5.21. The summed E-state index contributed by atoms with van der Waals surface area (Å²) in [4.78, 5) is 12.4. The summed E-state index contributed by atoms with van der Waals surface area (Å²) in [5.41, 5.74) is 1.22. The molecule has 0 spiro atoms. The summed E-state index contributed by atoms with van der Waals surface area (Å²) < 4.78 is 6.04. The zero-order valence-corrected chi connectivity index (χ0v) is 18.7. The van der Waals surface area contributed by atoms with Gasteiger partial charge in [-0.05, 0) is 83.0 Å². The zero-order valence-electron chi connectivity index (χ0n) is 18.7. The van der Waals surface area contributed by atoms with E-state index < -0.39 is 0 Å². The summed E-state index contributed by atoms with van der Waals surface area (Å²) in [7, 11) is 0. The number of nitrogens with zero attached hydrogens (tertiary/aromatic N) is 4. The lowest BCUT2D eigenvalue weighted by molar-refractivity contribution is 0.0285. The van der Waals surface area contributed by atoms with Crippen molar-refractivity contribution in [3.63, 3.8) is 0 Å². The number of hydrogen-bond acceptors (Lipinski definition) is 5. The number of likely N-dealkylation sites (tertiary alicyclic amines) is 1. The number of piperidine rings is 1. The zero-order chi connectivity index (χ0) is 20.2. The Morgan fingerprint density at radius 3 is 2.28 bits per heavy atom. The Balaban J connectivity index is 1.09. The smallest absolute Gasteiger partial charge is 0.213 e. The molecule has 3 fully saturated rings. The molecule has 0 radical (unpaired) electrons. The van der Waals surface area contributed by atoms with Crippen molar-refractivity contribution >= 4 is 0 Å². The number of rotatable bonds is 7. The van der Waals surface area contributed by atoms with Crippen molar-refractivity contribution < 1.29 is 4.74 Å². The Labute approximate surface area is 177 Å². The van der Waals surface area contributed by atoms with Crippen molar-refractivity contribution in [2.24, 2.45) is 11.8 Å². The molecule has 0 bridgehead atoms. The van der Waals surface area contributed by atoms with Crippen LogP contribution in [0, 0.1) is 18.8 Å². The van der Waals surface area contributed by atoms with E-state index in [9.17, 15) is 0 Å². The summed E-state index contributed by atoms with van der Waals surface area (Å²) in [6, 6.07) is 4.76. The molecule has 0 unspecified atom stereocenters. The molecule has 3 heterocycles. The first kappa shape index (κ1) is 21.1. The predicted molar refractivity (Wildman–Crippen MR) is 118 cm³/mol. The molecule has 4 rings (SSSR count). The molecule has 0 atom stereocenters. The van der Waals surface area contributed by atoms with Crippen LogP contribution in [0.4, 0.5) is 0 Å². The fourth-order valence-corrected chi connectivity index (χ4v) is 5.21. The predicted octanol–water partition coefficient (Wildman–Crippen LogP) is 3.29. The van der Waals surface area contributed by atoms with Crippen LogP contribution >= 0.6 is 0 Å². The maximum atomic E-state index is 6.04. The third kappa shape index (κ3) is 5.93. The second-order valence-corrected chi connectivity index (χ2v) is 9.92. The van der Waals surface area contributed by atoms with Gasteiger partial charge in [-0.25, -0.2) is 4.98 Å². The molecule has 2 aliphatic heterocycles. The maximum absolute atomic E-state index is 6.04. The number of aryl methyl sites for hydroxylation is 1. The van der Waals surface area contributed by atoms with Crippen LogP contribution in [0.1, 0.15) is 45.1 Å². The minimum Gasteiger partial charge on any atom is -0.474 e. The molecule has 2 saturated heterocycles. The molecule has 1 aromatic rings. The molecule has 0 N–H and O–H groups in total. The highest BCUT2D eigenvalue weighted by Crippen LogP contribution is 2.32. The number of piperazine rings is 1. The molecule has 3 aliphatic rings. The Hall–Kier alpha value is -1.17. The number of ether oxygens (including phenoxy) is 1. The minimum atomic E-state index is 0.372. The largest absolute Gasteiger partial charge is 0.474 e. The van der Waals surface area contributed by atoms with Crippen LogP contribution in [0.25, 0.3) is 0 Å². The third-order valence-corrected chi connectivity index (χ3v) is 7.25. The Morgan fingerprint density at radius 1 is 0.966 bits per heavy atom. The molecule has 29 heavy (non-hydrogen) atoms. The second kappa shape index (κ2) is 9.76. The van der Waals surface area contributed by atoms with E-state index in [0.29, 0.717) is 12.1 Å². The lowest BCUT2D eigenvalue weighted by Crippen LogP contribution is -2.51. The van der Waals surface area contributed by atoms with Crippen LogP contribution < -0.4 is 4.74 Å². The van der Waals surface area contributed by atoms with Crippen molar-refractivity contribution in [1.29, 1.82) is 0 Å². The first-order chi connectivity index (χ1) is 14.0. The van der Waals surface area contributed by atoms with E-state index in [-0.39, 0.29) is 0 Å². The summed E-state index contributed by atoms with van der Waals surface area (Å²) in [6.07, 6.45) is 7.35. The van der Waals surface area contributed by atoms with Crippen LogP contribution in [0.3, 0.4) is 0 Å². The second-order valence-electron chi connectivity index (χ2n) is 9.92. The molecular weight excluding hydrogens is 360 g/mol. The number of hydrogen-bond donors (Lipinski definition) is 0. The van der Waals surface area contributed by atoms with Crippen LogP contribution in [0.2, 0.25) is 0 Å². The van der Waals surface area contributed by atoms with Crippen LogP contribution in [-0.4, -0.2) is 84.2 Å². The van der Waals surface area contributed by atoms with Crippen LogP contribution in [0.5, 0.6) is 5.88 Å². The summed E-state index contributed by atoms with van der Waals surface area (Å²) in [5, 5.41) is 0. The van der Waals surface area contributed by atoms with Gasteiger partial charge in [-0.2, -0.15) is 0 Å². The standard InChI is InChI=1S/C24H40N4O/c1-19(2)28-12-10-27(11-13-28)17-21-5-8-26(9-6-21)18-22-15-23(16-22)29-24-14-20(3)4-7-25-24/h4,7,14,19,21-23H,5-6,8-13,15-18H2,1-3H3/t22-,23-.